The molecule has 28 heavy (non-hydrogen) atoms. The van der Waals surface area contributed by atoms with Crippen LogP contribution in [0.2, 0.25) is 0 Å². The molecule has 1 fully saturated rings. The number of anilines is 1. The SMILES string of the molecule is COc1ccc(/C=C/C(=O)Nc2ccc(S(=O)(=O)N3CCOCC3)cc2)cc1. The van der Waals surface area contributed by atoms with Gasteiger partial charge in [0.1, 0.15) is 5.75 Å². The molecule has 0 aliphatic carbocycles. The van der Waals surface area contributed by atoms with Crippen molar-refractivity contribution in [1.29, 1.82) is 0 Å². The third-order valence-corrected chi connectivity index (χ3v) is 6.19. The van der Waals surface area contributed by atoms with Crippen LogP contribution in [0.4, 0.5) is 5.69 Å². The van der Waals surface area contributed by atoms with Crippen molar-refractivity contribution in [3.63, 3.8) is 0 Å². The molecule has 0 saturated carbocycles. The Kier molecular flexibility index (Phi) is 6.45. The van der Waals surface area contributed by atoms with E-state index in [2.05, 4.69) is 5.32 Å². The van der Waals surface area contributed by atoms with Gasteiger partial charge in [-0.25, -0.2) is 8.42 Å². The maximum Gasteiger partial charge on any atom is 0.248 e. The molecule has 3 rings (SSSR count). The Morgan fingerprint density at radius 3 is 2.32 bits per heavy atom. The Hall–Kier alpha value is -2.68. The lowest BCUT2D eigenvalue weighted by molar-refractivity contribution is -0.111. The van der Waals surface area contributed by atoms with Gasteiger partial charge in [0.25, 0.3) is 0 Å². The number of carbonyl (C=O) groups excluding carboxylic acids is 1. The highest BCUT2D eigenvalue weighted by molar-refractivity contribution is 7.89. The molecule has 1 aliphatic heterocycles. The summed E-state index contributed by atoms with van der Waals surface area (Å²) in [5.41, 5.74) is 1.38. The second-order valence-electron chi connectivity index (χ2n) is 6.14. The van der Waals surface area contributed by atoms with Crippen molar-refractivity contribution in [1.82, 2.24) is 4.31 Å². The quantitative estimate of drug-likeness (QED) is 0.750. The number of ether oxygens (including phenoxy) is 2. The van der Waals surface area contributed by atoms with Crippen molar-refractivity contribution in [2.24, 2.45) is 0 Å². The summed E-state index contributed by atoms with van der Waals surface area (Å²) in [5, 5.41) is 2.71. The number of rotatable bonds is 6. The molecule has 2 aromatic carbocycles. The molecule has 148 valence electrons. The predicted molar refractivity (Wildman–Crippen MR) is 107 cm³/mol. The van der Waals surface area contributed by atoms with Crippen LogP contribution in [0.3, 0.4) is 0 Å². The first-order valence-electron chi connectivity index (χ1n) is 8.80. The number of methoxy groups -OCH3 is 1. The highest BCUT2D eigenvalue weighted by Gasteiger charge is 2.26. The fraction of sp³-hybridized carbons (Fsp3) is 0.250. The zero-order valence-corrected chi connectivity index (χ0v) is 16.3. The van der Waals surface area contributed by atoms with Crippen LogP contribution in [0.15, 0.2) is 59.5 Å². The monoisotopic (exact) mass is 402 g/mol. The Bertz CT molecular complexity index is 932. The number of sulfonamides is 1. The maximum atomic E-state index is 12.6. The molecule has 7 nitrogen and oxygen atoms in total. The number of hydrogen-bond acceptors (Lipinski definition) is 5. The molecule has 0 aromatic heterocycles. The molecular formula is C20H22N2O5S. The van der Waals surface area contributed by atoms with Gasteiger partial charge in [-0.3, -0.25) is 4.79 Å². The number of nitrogens with one attached hydrogen (secondary N) is 1. The van der Waals surface area contributed by atoms with E-state index in [1.54, 1.807) is 25.3 Å². The number of nitrogens with zero attached hydrogens (tertiary/aromatic N) is 1. The number of morpholine rings is 1. The van der Waals surface area contributed by atoms with Crippen molar-refractivity contribution in [2.75, 3.05) is 38.7 Å². The van der Waals surface area contributed by atoms with Crippen molar-refractivity contribution in [3.8, 4) is 5.75 Å². The number of benzene rings is 2. The van der Waals surface area contributed by atoms with Gasteiger partial charge in [-0.1, -0.05) is 12.1 Å². The van der Waals surface area contributed by atoms with Crippen LogP contribution in [0.25, 0.3) is 6.08 Å². The maximum absolute atomic E-state index is 12.6. The van der Waals surface area contributed by atoms with Gasteiger partial charge >= 0.3 is 0 Å². The molecule has 0 spiro atoms. The van der Waals surface area contributed by atoms with Gasteiger partial charge in [-0.05, 0) is 48.0 Å². The second kappa shape index (κ2) is 9.01. The number of carbonyl (C=O) groups is 1. The zero-order chi connectivity index (χ0) is 20.0. The molecule has 8 heteroatoms. The first-order chi connectivity index (χ1) is 13.5. The Labute approximate surface area is 164 Å². The van der Waals surface area contributed by atoms with Gasteiger partial charge in [0.05, 0.1) is 25.2 Å². The summed E-state index contributed by atoms with van der Waals surface area (Å²) >= 11 is 0. The minimum atomic E-state index is -3.54. The lowest BCUT2D eigenvalue weighted by Crippen LogP contribution is -2.40. The average Bonchev–Trinajstić information content (AvgIpc) is 2.73. The van der Waals surface area contributed by atoms with Gasteiger partial charge in [0.2, 0.25) is 15.9 Å². The van der Waals surface area contributed by atoms with Crippen LogP contribution in [0.5, 0.6) is 5.75 Å². The number of amides is 1. The average molecular weight is 402 g/mol. The van der Waals surface area contributed by atoms with E-state index in [1.165, 1.54) is 22.5 Å². The van der Waals surface area contributed by atoms with E-state index in [0.717, 1.165) is 11.3 Å². The Morgan fingerprint density at radius 1 is 1.07 bits per heavy atom. The van der Waals surface area contributed by atoms with Gasteiger partial charge in [-0.2, -0.15) is 4.31 Å². The summed E-state index contributed by atoms with van der Waals surface area (Å²) in [6.07, 6.45) is 3.10. The molecule has 2 aromatic rings. The van der Waals surface area contributed by atoms with Crippen LogP contribution >= 0.6 is 0 Å². The predicted octanol–water partition coefficient (Wildman–Crippen LogP) is 2.37. The van der Waals surface area contributed by atoms with Crippen LogP contribution in [-0.4, -0.2) is 52.0 Å². The molecule has 1 heterocycles. The van der Waals surface area contributed by atoms with Crippen molar-refractivity contribution >= 4 is 27.7 Å². The third kappa shape index (κ3) is 4.98. The molecule has 1 aliphatic rings. The first kappa shape index (κ1) is 20.1. The van der Waals surface area contributed by atoms with Gasteiger partial charge in [0.15, 0.2) is 0 Å². The summed E-state index contributed by atoms with van der Waals surface area (Å²) in [6.45, 7) is 1.48. The molecule has 1 saturated heterocycles. The van der Waals surface area contributed by atoms with E-state index in [1.807, 2.05) is 24.3 Å². The largest absolute Gasteiger partial charge is 0.497 e. The highest BCUT2D eigenvalue weighted by Crippen LogP contribution is 2.19. The highest BCUT2D eigenvalue weighted by atomic mass is 32.2. The van der Waals surface area contributed by atoms with Crippen LogP contribution in [-0.2, 0) is 19.6 Å². The molecule has 0 radical (unpaired) electrons. The topological polar surface area (TPSA) is 84.9 Å². The van der Waals surface area contributed by atoms with E-state index in [-0.39, 0.29) is 10.8 Å². The third-order valence-electron chi connectivity index (χ3n) is 4.27. The minimum absolute atomic E-state index is 0.196. The normalized spacial score (nSPS) is 15.5. The van der Waals surface area contributed by atoms with Crippen LogP contribution < -0.4 is 10.1 Å². The first-order valence-corrected chi connectivity index (χ1v) is 10.2. The zero-order valence-electron chi connectivity index (χ0n) is 15.5. The van der Waals surface area contributed by atoms with Crippen LogP contribution in [0.1, 0.15) is 5.56 Å². The summed E-state index contributed by atoms with van der Waals surface area (Å²) < 4.78 is 36.9. The smallest absolute Gasteiger partial charge is 0.248 e. The van der Waals surface area contributed by atoms with Crippen molar-refractivity contribution in [2.45, 2.75) is 4.90 Å². The van der Waals surface area contributed by atoms with E-state index in [0.29, 0.717) is 32.0 Å². The summed E-state index contributed by atoms with van der Waals surface area (Å²) in [6, 6.07) is 13.4. The fourth-order valence-electron chi connectivity index (χ4n) is 2.72. The molecule has 1 amide bonds. The van der Waals surface area contributed by atoms with E-state index >= 15 is 0 Å². The van der Waals surface area contributed by atoms with Crippen molar-refractivity contribution < 1.29 is 22.7 Å². The molecular weight excluding hydrogens is 380 g/mol. The summed E-state index contributed by atoms with van der Waals surface area (Å²) in [4.78, 5) is 12.3. The molecule has 0 unspecified atom stereocenters. The minimum Gasteiger partial charge on any atom is -0.497 e. The molecule has 1 N–H and O–H groups in total. The molecule has 0 atom stereocenters. The van der Waals surface area contributed by atoms with Crippen LogP contribution in [0, 0.1) is 0 Å². The summed E-state index contributed by atoms with van der Waals surface area (Å²) in [7, 11) is -1.95. The molecule has 0 bridgehead atoms. The van der Waals surface area contributed by atoms with Gasteiger partial charge in [-0.15, -0.1) is 0 Å². The fourth-order valence-corrected chi connectivity index (χ4v) is 4.13. The van der Waals surface area contributed by atoms with E-state index < -0.39 is 10.0 Å². The Balaban J connectivity index is 1.61. The van der Waals surface area contributed by atoms with Crippen molar-refractivity contribution in [3.05, 3.63) is 60.2 Å². The van der Waals surface area contributed by atoms with E-state index in [9.17, 15) is 13.2 Å². The lowest BCUT2D eigenvalue weighted by atomic mass is 10.2. The Morgan fingerprint density at radius 2 is 1.71 bits per heavy atom. The second-order valence-corrected chi connectivity index (χ2v) is 8.07. The van der Waals surface area contributed by atoms with E-state index in [4.69, 9.17) is 9.47 Å². The lowest BCUT2D eigenvalue weighted by Gasteiger charge is -2.26. The summed E-state index contributed by atoms with van der Waals surface area (Å²) in [5.74, 6) is 0.438. The van der Waals surface area contributed by atoms with Gasteiger partial charge < -0.3 is 14.8 Å². The standard InChI is InChI=1S/C20H22N2O5S/c1-26-18-7-2-16(3-8-18)4-11-20(23)21-17-5-9-19(10-6-17)28(24,25)22-12-14-27-15-13-22/h2-11H,12-15H2,1H3,(H,21,23)/b11-4+. The number of hydrogen-bond donors (Lipinski definition) is 1. The van der Waals surface area contributed by atoms with Gasteiger partial charge in [0, 0.05) is 24.9 Å².